The zero-order valence-electron chi connectivity index (χ0n) is 17.9. The molecule has 0 radical (unpaired) electrons. The maximum absolute atomic E-state index is 13.4. The van der Waals surface area contributed by atoms with Crippen LogP contribution >= 0.6 is 0 Å². The van der Waals surface area contributed by atoms with Gasteiger partial charge in [0.1, 0.15) is 5.82 Å². The van der Waals surface area contributed by atoms with Gasteiger partial charge in [-0.25, -0.2) is 12.8 Å². The molecule has 2 aromatic carbocycles. The molecule has 8 heteroatoms. The molecule has 0 saturated heterocycles. The zero-order chi connectivity index (χ0) is 23.3. The first kappa shape index (κ1) is 23.4. The highest BCUT2D eigenvalue weighted by molar-refractivity contribution is 7.90. The summed E-state index contributed by atoms with van der Waals surface area (Å²) in [6, 6.07) is 15.6. The van der Waals surface area contributed by atoms with Crippen molar-refractivity contribution in [3.05, 3.63) is 99.7 Å². The second-order valence-electron chi connectivity index (χ2n) is 7.53. The van der Waals surface area contributed by atoms with Crippen LogP contribution in [-0.4, -0.2) is 31.7 Å². The van der Waals surface area contributed by atoms with Gasteiger partial charge in [0.25, 0.3) is 11.5 Å². The lowest BCUT2D eigenvalue weighted by molar-refractivity contribution is 0.0952. The van der Waals surface area contributed by atoms with Crippen molar-refractivity contribution >= 4 is 15.7 Å². The summed E-state index contributed by atoms with van der Waals surface area (Å²) < 4.78 is 38.4. The molecule has 0 aliphatic heterocycles. The number of nitrogens with zero attached hydrogens (tertiary/aromatic N) is 1. The molecule has 6 nitrogen and oxygen atoms in total. The van der Waals surface area contributed by atoms with Crippen molar-refractivity contribution in [2.75, 3.05) is 12.8 Å². The van der Waals surface area contributed by atoms with Crippen LogP contribution in [0, 0.1) is 5.82 Å². The molecule has 3 rings (SSSR count). The second kappa shape index (κ2) is 9.91. The Bertz CT molecular complexity index is 1250. The van der Waals surface area contributed by atoms with E-state index in [4.69, 9.17) is 0 Å². The fourth-order valence-corrected chi connectivity index (χ4v) is 4.14. The Kier molecular flexibility index (Phi) is 7.25. The van der Waals surface area contributed by atoms with Gasteiger partial charge in [-0.1, -0.05) is 24.3 Å². The minimum Gasteiger partial charge on any atom is -0.352 e. The van der Waals surface area contributed by atoms with Crippen molar-refractivity contribution in [3.8, 4) is 0 Å². The van der Waals surface area contributed by atoms with Gasteiger partial charge in [-0.2, -0.15) is 0 Å². The third-order valence-electron chi connectivity index (χ3n) is 5.29. The summed E-state index contributed by atoms with van der Waals surface area (Å²) in [6.45, 7) is 2.63. The Morgan fingerprint density at radius 3 is 2.16 bits per heavy atom. The summed E-state index contributed by atoms with van der Waals surface area (Å²) in [5.74, 6) is -0.814. The number of amides is 1. The van der Waals surface area contributed by atoms with Crippen LogP contribution in [0.3, 0.4) is 0 Å². The van der Waals surface area contributed by atoms with E-state index in [0.717, 1.165) is 17.4 Å². The molecule has 1 atom stereocenters. The van der Waals surface area contributed by atoms with E-state index in [9.17, 15) is 22.4 Å². The summed E-state index contributed by atoms with van der Waals surface area (Å²) in [5, 5.41) is 2.86. The number of carbonyl (C=O) groups is 1. The van der Waals surface area contributed by atoms with Crippen LogP contribution in [0.5, 0.6) is 0 Å². The van der Waals surface area contributed by atoms with Crippen LogP contribution in [0.15, 0.2) is 76.6 Å². The molecule has 1 heterocycles. The maximum atomic E-state index is 13.4. The Morgan fingerprint density at radius 1 is 1.00 bits per heavy atom. The van der Waals surface area contributed by atoms with Crippen molar-refractivity contribution in [1.82, 2.24) is 9.88 Å². The summed E-state index contributed by atoms with van der Waals surface area (Å²) in [7, 11) is -3.31. The van der Waals surface area contributed by atoms with E-state index in [2.05, 4.69) is 5.32 Å². The summed E-state index contributed by atoms with van der Waals surface area (Å²) in [5.41, 5.74) is 1.94. The molecule has 0 saturated carbocycles. The largest absolute Gasteiger partial charge is 0.352 e. The average molecular weight is 457 g/mol. The molecule has 1 amide bonds. The third-order valence-corrected chi connectivity index (χ3v) is 6.42. The minimum atomic E-state index is -3.31. The number of aromatic nitrogens is 1. The van der Waals surface area contributed by atoms with Gasteiger partial charge in [0.2, 0.25) is 0 Å². The van der Waals surface area contributed by atoms with E-state index in [-0.39, 0.29) is 28.1 Å². The Hall–Kier alpha value is -3.26. The van der Waals surface area contributed by atoms with Gasteiger partial charge in [-0.15, -0.1) is 0 Å². The molecule has 0 aliphatic carbocycles. The molecule has 0 bridgehead atoms. The second-order valence-corrected chi connectivity index (χ2v) is 9.55. The van der Waals surface area contributed by atoms with Crippen LogP contribution in [0.4, 0.5) is 4.39 Å². The van der Waals surface area contributed by atoms with Crippen LogP contribution in [0.1, 0.15) is 40.7 Å². The lowest BCUT2D eigenvalue weighted by Gasteiger charge is -2.19. The first-order valence-corrected chi connectivity index (χ1v) is 12.1. The van der Waals surface area contributed by atoms with Gasteiger partial charge in [0.05, 0.1) is 10.5 Å². The topological polar surface area (TPSA) is 85.2 Å². The highest BCUT2D eigenvalue weighted by Gasteiger charge is 2.17. The molecule has 1 N–H and O–H groups in total. The lowest BCUT2D eigenvalue weighted by atomic mass is 9.88. The SMILES string of the molecule is CCn1cc(C(=O)NCCC(c2ccc(F)cc2)c2ccc(S(C)(=O)=O)cc2)ccc1=O. The van der Waals surface area contributed by atoms with Gasteiger partial charge in [0.15, 0.2) is 9.84 Å². The fourth-order valence-electron chi connectivity index (χ4n) is 3.51. The van der Waals surface area contributed by atoms with Crippen LogP contribution < -0.4 is 10.9 Å². The first-order chi connectivity index (χ1) is 15.2. The van der Waals surface area contributed by atoms with Crippen molar-refractivity contribution < 1.29 is 17.6 Å². The monoisotopic (exact) mass is 456 g/mol. The number of hydrogen-bond donors (Lipinski definition) is 1. The molecule has 0 fully saturated rings. The molecule has 0 aliphatic rings. The number of carbonyl (C=O) groups excluding carboxylic acids is 1. The number of hydrogen-bond acceptors (Lipinski definition) is 4. The third kappa shape index (κ3) is 5.70. The number of pyridine rings is 1. The van der Waals surface area contributed by atoms with Gasteiger partial charge in [-0.3, -0.25) is 9.59 Å². The van der Waals surface area contributed by atoms with E-state index >= 15 is 0 Å². The predicted octanol–water partition coefficient (Wildman–Crippen LogP) is 3.36. The van der Waals surface area contributed by atoms with Gasteiger partial charge in [-0.05, 0) is 54.8 Å². The standard InChI is InChI=1S/C24H25FN2O4S/c1-3-27-16-19(8-13-23(27)28)24(29)26-15-14-22(17-4-9-20(25)10-5-17)18-6-11-21(12-7-18)32(2,30)31/h4-13,16,22H,3,14-15H2,1-2H3,(H,26,29). The highest BCUT2D eigenvalue weighted by Crippen LogP contribution is 2.29. The molecule has 0 spiro atoms. The van der Waals surface area contributed by atoms with Crippen molar-refractivity contribution in [2.45, 2.75) is 30.7 Å². The molecule has 32 heavy (non-hydrogen) atoms. The summed E-state index contributed by atoms with van der Waals surface area (Å²) >= 11 is 0. The normalized spacial score (nSPS) is 12.3. The molecular weight excluding hydrogens is 431 g/mol. The smallest absolute Gasteiger partial charge is 0.252 e. The molecule has 168 valence electrons. The van der Waals surface area contributed by atoms with E-state index in [0.29, 0.717) is 25.1 Å². The molecule has 1 aromatic heterocycles. The Morgan fingerprint density at radius 2 is 1.59 bits per heavy atom. The number of rotatable bonds is 8. The van der Waals surface area contributed by atoms with Gasteiger partial charge in [0, 0.05) is 37.5 Å². The first-order valence-electron chi connectivity index (χ1n) is 10.2. The van der Waals surface area contributed by atoms with Crippen molar-refractivity contribution in [1.29, 1.82) is 0 Å². The molecule has 1 unspecified atom stereocenters. The number of halogens is 1. The molecular formula is C24H25FN2O4S. The minimum absolute atomic E-state index is 0.169. The van der Waals surface area contributed by atoms with Crippen molar-refractivity contribution in [2.24, 2.45) is 0 Å². The summed E-state index contributed by atoms with van der Waals surface area (Å²) in [6.07, 6.45) is 3.19. The highest BCUT2D eigenvalue weighted by atomic mass is 32.2. The fraction of sp³-hybridized carbons (Fsp3) is 0.250. The maximum Gasteiger partial charge on any atom is 0.252 e. The van der Waals surface area contributed by atoms with E-state index in [1.165, 1.54) is 35.0 Å². The Labute approximate surface area is 186 Å². The van der Waals surface area contributed by atoms with Crippen LogP contribution in [0.2, 0.25) is 0 Å². The number of benzene rings is 2. The van der Waals surface area contributed by atoms with E-state index in [1.54, 1.807) is 36.4 Å². The van der Waals surface area contributed by atoms with Gasteiger partial charge >= 0.3 is 0 Å². The lowest BCUT2D eigenvalue weighted by Crippen LogP contribution is -2.28. The average Bonchev–Trinajstić information content (AvgIpc) is 2.77. The number of nitrogens with one attached hydrogen (secondary N) is 1. The summed E-state index contributed by atoms with van der Waals surface area (Å²) in [4.78, 5) is 24.5. The van der Waals surface area contributed by atoms with E-state index in [1.807, 2.05) is 6.92 Å². The quantitative estimate of drug-likeness (QED) is 0.563. The van der Waals surface area contributed by atoms with Crippen LogP contribution in [-0.2, 0) is 16.4 Å². The van der Waals surface area contributed by atoms with E-state index < -0.39 is 9.84 Å². The predicted molar refractivity (Wildman–Crippen MR) is 121 cm³/mol. The zero-order valence-corrected chi connectivity index (χ0v) is 18.7. The number of sulfone groups is 1. The van der Waals surface area contributed by atoms with Gasteiger partial charge < -0.3 is 9.88 Å². The van der Waals surface area contributed by atoms with Crippen LogP contribution in [0.25, 0.3) is 0 Å². The Balaban J connectivity index is 1.78. The molecule has 3 aromatic rings. The number of aryl methyl sites for hydroxylation is 1. The van der Waals surface area contributed by atoms with Crippen molar-refractivity contribution in [3.63, 3.8) is 0 Å².